The van der Waals surface area contributed by atoms with Crippen LogP contribution >= 0.6 is 0 Å². The Balaban J connectivity index is 1.52. The minimum absolute atomic E-state index is 0.0396. The van der Waals surface area contributed by atoms with E-state index in [1.807, 2.05) is 63.5 Å². The first-order chi connectivity index (χ1) is 16.8. The number of anilines is 1. The number of benzene rings is 2. The Morgan fingerprint density at radius 2 is 1.77 bits per heavy atom. The third-order valence-electron chi connectivity index (χ3n) is 5.90. The molecule has 8 heteroatoms. The first-order valence-corrected chi connectivity index (χ1v) is 11.4. The molecular formula is C27H29N5O3. The van der Waals surface area contributed by atoms with Crippen molar-refractivity contribution < 1.29 is 9.53 Å². The lowest BCUT2D eigenvalue weighted by Crippen LogP contribution is -2.35. The predicted molar refractivity (Wildman–Crippen MR) is 136 cm³/mol. The van der Waals surface area contributed by atoms with Gasteiger partial charge in [-0.05, 0) is 56.4 Å². The maximum absolute atomic E-state index is 12.5. The van der Waals surface area contributed by atoms with Crippen molar-refractivity contribution in [3.05, 3.63) is 100.0 Å². The molecule has 2 aromatic carbocycles. The van der Waals surface area contributed by atoms with Crippen molar-refractivity contribution in [2.75, 3.05) is 19.4 Å². The summed E-state index contributed by atoms with van der Waals surface area (Å²) in [5, 5.41) is 8.37. The summed E-state index contributed by atoms with van der Waals surface area (Å²) in [7, 11) is 5.62. The Morgan fingerprint density at radius 1 is 1.06 bits per heavy atom. The molecule has 0 bridgehead atoms. The number of carbonyl (C=O) groups is 1. The number of carbonyl (C=O) groups excluding carboxylic acids is 1. The Kier molecular flexibility index (Phi) is 7.22. The second-order valence-corrected chi connectivity index (χ2v) is 8.70. The van der Waals surface area contributed by atoms with Crippen LogP contribution in [0.3, 0.4) is 0 Å². The largest absolute Gasteiger partial charge is 0.457 e. The SMILES string of the molecule is C[C@H](Nc1nn(C)c(=O)c2cccnc12)[C@H](c1ccc(C(=O)OCc2ccccc2)cc1)N(C)C. The van der Waals surface area contributed by atoms with E-state index in [0.717, 1.165) is 11.1 Å². The third-order valence-corrected chi connectivity index (χ3v) is 5.90. The molecular weight excluding hydrogens is 442 g/mol. The number of likely N-dealkylation sites (N-methyl/N-ethyl adjacent to an activating group) is 1. The van der Waals surface area contributed by atoms with Gasteiger partial charge in [-0.3, -0.25) is 9.78 Å². The van der Waals surface area contributed by atoms with Gasteiger partial charge in [0.1, 0.15) is 12.1 Å². The van der Waals surface area contributed by atoms with Crippen LogP contribution in [0.5, 0.6) is 0 Å². The molecule has 0 unspecified atom stereocenters. The van der Waals surface area contributed by atoms with Gasteiger partial charge >= 0.3 is 5.97 Å². The maximum atomic E-state index is 12.5. The molecule has 0 aliphatic rings. The monoisotopic (exact) mass is 471 g/mol. The fraction of sp³-hybridized carbons (Fsp3) is 0.259. The van der Waals surface area contributed by atoms with Gasteiger partial charge in [-0.15, -0.1) is 0 Å². The van der Waals surface area contributed by atoms with Crippen molar-refractivity contribution in [2.45, 2.75) is 25.6 Å². The fourth-order valence-corrected chi connectivity index (χ4v) is 4.23. The highest BCUT2D eigenvalue weighted by molar-refractivity contribution is 5.89. The molecule has 0 radical (unpaired) electrons. The minimum atomic E-state index is -0.361. The van der Waals surface area contributed by atoms with Gasteiger partial charge in [-0.1, -0.05) is 42.5 Å². The van der Waals surface area contributed by atoms with E-state index in [2.05, 4.69) is 20.3 Å². The van der Waals surface area contributed by atoms with Crippen LogP contribution in [0.25, 0.3) is 10.9 Å². The molecule has 0 fully saturated rings. The lowest BCUT2D eigenvalue weighted by Gasteiger charge is -2.31. The van der Waals surface area contributed by atoms with Crippen molar-refractivity contribution in [1.29, 1.82) is 0 Å². The number of nitrogens with one attached hydrogen (secondary N) is 1. The summed E-state index contributed by atoms with van der Waals surface area (Å²) in [6, 6.07) is 20.4. The number of aryl methyl sites for hydroxylation is 1. The van der Waals surface area contributed by atoms with Gasteiger partial charge in [0.25, 0.3) is 5.56 Å². The standard InChI is InChI=1S/C27H29N5O3/c1-18(29-25-23-22(11-8-16-28-23)26(33)32(4)30-25)24(31(2)3)20-12-14-21(15-13-20)27(34)35-17-19-9-6-5-7-10-19/h5-16,18,24H,17H2,1-4H3,(H,29,30)/t18-,24+/m0/s1. The first kappa shape index (κ1) is 24.1. The molecule has 4 rings (SSSR count). The van der Waals surface area contributed by atoms with Crippen molar-refractivity contribution in [1.82, 2.24) is 19.7 Å². The smallest absolute Gasteiger partial charge is 0.338 e. The number of esters is 1. The number of aromatic nitrogens is 3. The lowest BCUT2D eigenvalue weighted by molar-refractivity contribution is 0.0472. The number of nitrogens with zero attached hydrogens (tertiary/aromatic N) is 4. The molecule has 0 saturated heterocycles. The van der Waals surface area contributed by atoms with E-state index in [1.165, 1.54) is 4.68 Å². The first-order valence-electron chi connectivity index (χ1n) is 11.4. The van der Waals surface area contributed by atoms with Crippen LogP contribution in [0.15, 0.2) is 77.7 Å². The molecule has 2 heterocycles. The average Bonchev–Trinajstić information content (AvgIpc) is 2.86. The Bertz CT molecular complexity index is 1370. The van der Waals surface area contributed by atoms with Gasteiger partial charge in [0, 0.05) is 19.3 Å². The molecule has 0 aliphatic carbocycles. The van der Waals surface area contributed by atoms with E-state index in [4.69, 9.17) is 4.74 Å². The molecule has 180 valence electrons. The average molecular weight is 472 g/mol. The second-order valence-electron chi connectivity index (χ2n) is 8.70. The Morgan fingerprint density at radius 3 is 2.46 bits per heavy atom. The van der Waals surface area contributed by atoms with Gasteiger partial charge < -0.3 is 15.0 Å². The van der Waals surface area contributed by atoms with Crippen LogP contribution in [-0.4, -0.2) is 45.8 Å². The van der Waals surface area contributed by atoms with Crippen molar-refractivity contribution >= 4 is 22.7 Å². The normalized spacial score (nSPS) is 12.9. The van der Waals surface area contributed by atoms with Crippen LogP contribution in [-0.2, 0) is 18.4 Å². The van der Waals surface area contributed by atoms with Gasteiger partial charge in [-0.2, -0.15) is 5.10 Å². The van der Waals surface area contributed by atoms with Gasteiger partial charge in [0.15, 0.2) is 5.82 Å². The highest BCUT2D eigenvalue weighted by atomic mass is 16.5. The zero-order valence-electron chi connectivity index (χ0n) is 20.3. The van der Waals surface area contributed by atoms with Crippen LogP contribution < -0.4 is 10.9 Å². The van der Waals surface area contributed by atoms with E-state index in [9.17, 15) is 9.59 Å². The van der Waals surface area contributed by atoms with Crippen molar-refractivity contribution in [2.24, 2.45) is 7.05 Å². The van der Waals surface area contributed by atoms with Gasteiger partial charge in [0.05, 0.1) is 17.0 Å². The molecule has 0 saturated carbocycles. The molecule has 2 atom stereocenters. The molecule has 35 heavy (non-hydrogen) atoms. The van der Waals surface area contributed by atoms with E-state index in [1.54, 1.807) is 37.5 Å². The summed E-state index contributed by atoms with van der Waals surface area (Å²) >= 11 is 0. The summed E-state index contributed by atoms with van der Waals surface area (Å²) in [6.45, 7) is 2.28. The van der Waals surface area contributed by atoms with Crippen LogP contribution in [0.4, 0.5) is 5.82 Å². The van der Waals surface area contributed by atoms with E-state index in [-0.39, 0.29) is 30.2 Å². The Labute approximate surface area is 204 Å². The summed E-state index contributed by atoms with van der Waals surface area (Å²) in [4.78, 5) is 31.4. The number of hydrogen-bond acceptors (Lipinski definition) is 7. The zero-order valence-corrected chi connectivity index (χ0v) is 20.3. The van der Waals surface area contributed by atoms with E-state index in [0.29, 0.717) is 22.3 Å². The Hall–Kier alpha value is -4.04. The number of pyridine rings is 1. The number of fused-ring (bicyclic) bond motifs is 1. The van der Waals surface area contributed by atoms with Crippen molar-refractivity contribution in [3.63, 3.8) is 0 Å². The third kappa shape index (κ3) is 5.38. The van der Waals surface area contributed by atoms with Crippen molar-refractivity contribution in [3.8, 4) is 0 Å². The minimum Gasteiger partial charge on any atom is -0.457 e. The van der Waals surface area contributed by atoms with Gasteiger partial charge in [0.2, 0.25) is 0 Å². The molecule has 4 aromatic rings. The fourth-order valence-electron chi connectivity index (χ4n) is 4.23. The molecule has 0 spiro atoms. The topological polar surface area (TPSA) is 89.3 Å². The highest BCUT2D eigenvalue weighted by Gasteiger charge is 2.24. The quantitative estimate of drug-likeness (QED) is 0.391. The summed E-state index contributed by atoms with van der Waals surface area (Å²) in [5.74, 6) is 0.183. The number of ether oxygens (including phenoxy) is 1. The summed E-state index contributed by atoms with van der Waals surface area (Å²) < 4.78 is 6.76. The maximum Gasteiger partial charge on any atom is 0.338 e. The molecule has 0 amide bonds. The van der Waals surface area contributed by atoms with Crippen LogP contribution in [0.2, 0.25) is 0 Å². The van der Waals surface area contributed by atoms with Crippen LogP contribution in [0, 0.1) is 0 Å². The number of hydrogen-bond donors (Lipinski definition) is 1. The molecule has 1 N–H and O–H groups in total. The lowest BCUT2D eigenvalue weighted by atomic mass is 9.98. The zero-order chi connectivity index (χ0) is 24.9. The second kappa shape index (κ2) is 10.5. The molecule has 2 aromatic heterocycles. The summed E-state index contributed by atoms with van der Waals surface area (Å²) in [5.41, 5.74) is 2.81. The molecule has 8 nitrogen and oxygen atoms in total. The van der Waals surface area contributed by atoms with E-state index >= 15 is 0 Å². The molecule has 0 aliphatic heterocycles. The predicted octanol–water partition coefficient (Wildman–Crippen LogP) is 3.79. The number of rotatable bonds is 8. The van der Waals surface area contributed by atoms with Gasteiger partial charge in [-0.25, -0.2) is 9.48 Å². The van der Waals surface area contributed by atoms with Crippen LogP contribution in [0.1, 0.15) is 34.5 Å². The highest BCUT2D eigenvalue weighted by Crippen LogP contribution is 2.26. The van der Waals surface area contributed by atoms with E-state index < -0.39 is 0 Å². The summed E-state index contributed by atoms with van der Waals surface area (Å²) in [6.07, 6.45) is 1.65.